The van der Waals surface area contributed by atoms with Crippen LogP contribution in [0.5, 0.6) is 5.75 Å². The van der Waals surface area contributed by atoms with E-state index >= 15 is 0 Å². The lowest BCUT2D eigenvalue weighted by molar-refractivity contribution is 0.187. The molecule has 0 N–H and O–H groups in total. The van der Waals surface area contributed by atoms with Crippen LogP contribution in [0.2, 0.25) is 0 Å². The molecule has 0 saturated heterocycles. The van der Waals surface area contributed by atoms with Crippen molar-refractivity contribution in [1.29, 1.82) is 0 Å². The predicted molar refractivity (Wildman–Crippen MR) is 87.1 cm³/mol. The first-order valence-corrected chi connectivity index (χ1v) is 7.41. The van der Waals surface area contributed by atoms with Crippen molar-refractivity contribution < 1.29 is 9.47 Å². The maximum atomic E-state index is 6.04. The number of imidazole rings is 1. The van der Waals surface area contributed by atoms with Gasteiger partial charge >= 0.3 is 0 Å². The molecular weight excluding hydrogens is 276 g/mol. The molecule has 0 radical (unpaired) electrons. The first-order valence-electron chi connectivity index (χ1n) is 7.41. The number of hydrogen-bond donors (Lipinski definition) is 0. The Labute approximate surface area is 130 Å². The molecule has 0 aliphatic carbocycles. The van der Waals surface area contributed by atoms with Crippen molar-refractivity contribution in [3.8, 4) is 5.75 Å². The highest BCUT2D eigenvalue weighted by Crippen LogP contribution is 2.27. The van der Waals surface area contributed by atoms with E-state index in [0.29, 0.717) is 13.2 Å². The van der Waals surface area contributed by atoms with E-state index in [1.54, 1.807) is 7.11 Å². The van der Waals surface area contributed by atoms with Crippen LogP contribution in [0.25, 0.3) is 11.0 Å². The second-order valence-electron chi connectivity index (χ2n) is 5.20. The molecule has 4 heteroatoms. The molecule has 0 saturated carbocycles. The fraction of sp³-hybridized carbons (Fsp3) is 0.278. The van der Waals surface area contributed by atoms with Gasteiger partial charge in [-0.2, -0.15) is 0 Å². The number of nitrogens with zero attached hydrogens (tertiary/aromatic N) is 2. The molecule has 1 aromatic heterocycles. The van der Waals surface area contributed by atoms with Crippen molar-refractivity contribution in [3.05, 3.63) is 59.9 Å². The number of fused-ring (bicyclic) bond motifs is 1. The third-order valence-corrected chi connectivity index (χ3v) is 3.68. The van der Waals surface area contributed by atoms with Crippen LogP contribution < -0.4 is 4.74 Å². The number of aromatic nitrogens is 2. The summed E-state index contributed by atoms with van der Waals surface area (Å²) in [5, 5.41) is 0. The van der Waals surface area contributed by atoms with Crippen molar-refractivity contribution in [2.75, 3.05) is 13.7 Å². The summed E-state index contributed by atoms with van der Waals surface area (Å²) in [5.74, 6) is 1.83. The van der Waals surface area contributed by atoms with E-state index in [4.69, 9.17) is 9.47 Å². The van der Waals surface area contributed by atoms with Crippen molar-refractivity contribution >= 4 is 11.0 Å². The molecule has 4 nitrogen and oxygen atoms in total. The summed E-state index contributed by atoms with van der Waals surface area (Å²) in [4.78, 5) is 4.61. The van der Waals surface area contributed by atoms with Crippen LogP contribution in [-0.2, 0) is 17.9 Å². The summed E-state index contributed by atoms with van der Waals surface area (Å²) in [5.41, 5.74) is 3.14. The number of para-hydroxylation sites is 1. The molecule has 3 rings (SSSR count). The number of ether oxygens (including phenoxy) is 2. The van der Waals surface area contributed by atoms with Gasteiger partial charge in [0.25, 0.3) is 0 Å². The molecule has 0 aliphatic rings. The molecule has 0 amide bonds. The fourth-order valence-corrected chi connectivity index (χ4v) is 2.58. The van der Waals surface area contributed by atoms with Gasteiger partial charge in [-0.25, -0.2) is 4.98 Å². The topological polar surface area (TPSA) is 36.3 Å². The Morgan fingerprint density at radius 3 is 2.64 bits per heavy atom. The second kappa shape index (κ2) is 6.62. The smallest absolute Gasteiger partial charge is 0.145 e. The quantitative estimate of drug-likeness (QED) is 0.697. The van der Waals surface area contributed by atoms with E-state index in [1.807, 2.05) is 43.3 Å². The molecule has 114 valence electrons. The van der Waals surface area contributed by atoms with Gasteiger partial charge in [0.1, 0.15) is 23.7 Å². The zero-order valence-electron chi connectivity index (χ0n) is 13.0. The van der Waals surface area contributed by atoms with Crippen LogP contribution in [0, 0.1) is 6.92 Å². The summed E-state index contributed by atoms with van der Waals surface area (Å²) < 4.78 is 13.4. The largest absolute Gasteiger partial charge is 0.487 e. The van der Waals surface area contributed by atoms with Crippen LogP contribution in [0.4, 0.5) is 0 Å². The molecule has 22 heavy (non-hydrogen) atoms. The summed E-state index contributed by atoms with van der Waals surface area (Å²) >= 11 is 0. The molecule has 1 heterocycles. The van der Waals surface area contributed by atoms with Gasteiger partial charge in [-0.3, -0.25) is 0 Å². The Hall–Kier alpha value is -2.33. The van der Waals surface area contributed by atoms with Crippen molar-refractivity contribution in [3.63, 3.8) is 0 Å². The highest BCUT2D eigenvalue weighted by molar-refractivity contribution is 5.82. The number of aryl methyl sites for hydroxylation is 1. The molecule has 3 aromatic rings. The van der Waals surface area contributed by atoms with Crippen LogP contribution >= 0.6 is 0 Å². The van der Waals surface area contributed by atoms with Gasteiger partial charge < -0.3 is 14.0 Å². The maximum absolute atomic E-state index is 6.04. The van der Waals surface area contributed by atoms with Crippen LogP contribution in [0.3, 0.4) is 0 Å². The van der Waals surface area contributed by atoms with Gasteiger partial charge in [0.15, 0.2) is 0 Å². The number of benzene rings is 2. The first kappa shape index (κ1) is 14.6. The van der Waals surface area contributed by atoms with Gasteiger partial charge in [0.05, 0.1) is 12.1 Å². The molecule has 2 aromatic carbocycles. The predicted octanol–water partition coefficient (Wildman–Crippen LogP) is 3.57. The van der Waals surface area contributed by atoms with Gasteiger partial charge in [0.2, 0.25) is 0 Å². The summed E-state index contributed by atoms with van der Waals surface area (Å²) in [6.45, 7) is 3.98. The van der Waals surface area contributed by atoms with Gasteiger partial charge in [-0.1, -0.05) is 36.4 Å². The minimum Gasteiger partial charge on any atom is -0.487 e. The average molecular weight is 296 g/mol. The van der Waals surface area contributed by atoms with Crippen molar-refractivity contribution in [2.24, 2.45) is 0 Å². The van der Waals surface area contributed by atoms with E-state index in [1.165, 1.54) is 0 Å². The standard InChI is InChI=1S/C18H20N2O2/c1-14-19-16-9-6-10-17(18(16)20(14)11-12-21-2)22-13-15-7-4-3-5-8-15/h3-10H,11-13H2,1-2H3. The molecule has 0 unspecified atom stereocenters. The minimum absolute atomic E-state index is 0.550. The minimum atomic E-state index is 0.550. The Balaban J connectivity index is 1.91. The van der Waals surface area contributed by atoms with E-state index in [0.717, 1.165) is 34.7 Å². The summed E-state index contributed by atoms with van der Waals surface area (Å²) in [7, 11) is 1.71. The van der Waals surface area contributed by atoms with Gasteiger partial charge in [-0.15, -0.1) is 0 Å². The lowest BCUT2D eigenvalue weighted by Crippen LogP contribution is -2.07. The Bertz CT molecular complexity index is 750. The SMILES string of the molecule is COCCn1c(C)nc2cccc(OCc3ccccc3)c21. The molecule has 0 spiro atoms. The highest BCUT2D eigenvalue weighted by atomic mass is 16.5. The Kier molecular flexibility index (Phi) is 4.39. The van der Waals surface area contributed by atoms with Crippen molar-refractivity contribution in [1.82, 2.24) is 9.55 Å². The van der Waals surface area contributed by atoms with Crippen molar-refractivity contribution in [2.45, 2.75) is 20.1 Å². The highest BCUT2D eigenvalue weighted by Gasteiger charge is 2.12. The number of rotatable bonds is 6. The second-order valence-corrected chi connectivity index (χ2v) is 5.20. The molecule has 0 fully saturated rings. The van der Waals surface area contributed by atoms with E-state index in [2.05, 4.69) is 21.7 Å². The molecule has 0 atom stereocenters. The monoisotopic (exact) mass is 296 g/mol. The van der Waals surface area contributed by atoms with Crippen LogP contribution in [0.1, 0.15) is 11.4 Å². The molecule has 0 aliphatic heterocycles. The first-order chi connectivity index (χ1) is 10.8. The average Bonchev–Trinajstić information content (AvgIpc) is 2.88. The van der Waals surface area contributed by atoms with E-state index in [-0.39, 0.29) is 0 Å². The van der Waals surface area contributed by atoms with Crippen LogP contribution in [0.15, 0.2) is 48.5 Å². The van der Waals surface area contributed by atoms with E-state index in [9.17, 15) is 0 Å². The zero-order valence-corrected chi connectivity index (χ0v) is 13.0. The van der Waals surface area contributed by atoms with Crippen LogP contribution in [-0.4, -0.2) is 23.3 Å². The van der Waals surface area contributed by atoms with Gasteiger partial charge in [-0.05, 0) is 24.6 Å². The van der Waals surface area contributed by atoms with Gasteiger partial charge in [0, 0.05) is 13.7 Å². The maximum Gasteiger partial charge on any atom is 0.145 e. The third kappa shape index (κ3) is 2.97. The third-order valence-electron chi connectivity index (χ3n) is 3.68. The number of methoxy groups -OCH3 is 1. The Morgan fingerprint density at radius 2 is 1.86 bits per heavy atom. The lowest BCUT2D eigenvalue weighted by atomic mass is 10.2. The fourth-order valence-electron chi connectivity index (χ4n) is 2.58. The van der Waals surface area contributed by atoms with E-state index < -0.39 is 0 Å². The lowest BCUT2D eigenvalue weighted by Gasteiger charge is -2.11. The Morgan fingerprint density at radius 1 is 1.05 bits per heavy atom. The molecular formula is C18H20N2O2. The molecule has 0 bridgehead atoms. The summed E-state index contributed by atoms with van der Waals surface area (Å²) in [6.07, 6.45) is 0. The normalized spacial score (nSPS) is 11.0. The number of hydrogen-bond acceptors (Lipinski definition) is 3. The zero-order chi connectivity index (χ0) is 15.4. The summed E-state index contributed by atoms with van der Waals surface area (Å²) in [6, 6.07) is 16.2.